The molecular weight excluding hydrogens is 368 g/mol. The molecule has 1 aromatic heterocycles. The van der Waals surface area contributed by atoms with Gasteiger partial charge < -0.3 is 15.4 Å². The molecule has 1 aromatic carbocycles. The second kappa shape index (κ2) is 9.36. The van der Waals surface area contributed by atoms with Crippen molar-refractivity contribution >= 4 is 15.8 Å². The third-order valence-corrected chi connectivity index (χ3v) is 4.81. The Balaban J connectivity index is 1.88. The van der Waals surface area contributed by atoms with Gasteiger partial charge in [-0.15, -0.1) is 0 Å². The number of hydrogen-bond donors (Lipinski definition) is 3. The number of H-pyrrole nitrogens is 1. The number of aliphatic imine (C=N–C) groups is 1. The summed E-state index contributed by atoms with van der Waals surface area (Å²) in [5.41, 5.74) is 0.884. The van der Waals surface area contributed by atoms with Gasteiger partial charge in [-0.2, -0.15) is 5.10 Å². The highest BCUT2D eigenvalue weighted by atomic mass is 32.2. The van der Waals surface area contributed by atoms with Gasteiger partial charge in [0, 0.05) is 24.9 Å². The lowest BCUT2D eigenvalue weighted by Gasteiger charge is -2.17. The second-order valence-corrected chi connectivity index (χ2v) is 8.48. The number of nitrogens with zero attached hydrogens (tertiary/aromatic N) is 3. The van der Waals surface area contributed by atoms with E-state index in [-0.39, 0.29) is 11.8 Å². The zero-order chi connectivity index (χ0) is 19.9. The molecule has 1 heterocycles. The predicted octanol–water partition coefficient (Wildman–Crippen LogP) is 0.968. The minimum atomic E-state index is -2.98. The predicted molar refractivity (Wildman–Crippen MR) is 105 cm³/mol. The molecule has 0 spiro atoms. The molecule has 0 aliphatic heterocycles. The average molecular weight is 395 g/mol. The molecule has 3 N–H and O–H groups in total. The van der Waals surface area contributed by atoms with Crippen molar-refractivity contribution in [1.29, 1.82) is 0 Å². The fraction of sp³-hybridized carbons (Fsp3) is 0.471. The quantitative estimate of drug-likeness (QED) is 0.450. The number of methoxy groups -OCH3 is 1. The highest BCUT2D eigenvalue weighted by Crippen LogP contribution is 2.18. The van der Waals surface area contributed by atoms with Gasteiger partial charge in [0.05, 0.1) is 19.4 Å². The van der Waals surface area contributed by atoms with Crippen LogP contribution < -0.4 is 15.4 Å². The first-order valence-corrected chi connectivity index (χ1v) is 10.6. The van der Waals surface area contributed by atoms with Crippen molar-refractivity contribution in [1.82, 2.24) is 25.8 Å². The fourth-order valence-corrected chi connectivity index (χ4v) is 3.08. The van der Waals surface area contributed by atoms with E-state index in [1.807, 2.05) is 31.2 Å². The van der Waals surface area contributed by atoms with Crippen molar-refractivity contribution in [3.63, 3.8) is 0 Å². The lowest BCUT2D eigenvalue weighted by Crippen LogP contribution is -2.42. The number of hydrogen-bond acceptors (Lipinski definition) is 6. The molecule has 1 atom stereocenters. The number of benzene rings is 1. The lowest BCUT2D eigenvalue weighted by molar-refractivity contribution is 0.415. The molecular formula is C17H26N6O3S. The molecule has 10 heteroatoms. The van der Waals surface area contributed by atoms with Crippen molar-refractivity contribution in [3.8, 4) is 17.1 Å². The van der Waals surface area contributed by atoms with Gasteiger partial charge in [0.15, 0.2) is 11.8 Å². The third kappa shape index (κ3) is 6.89. The SMILES string of the molecule is CN=C(NCc1nc(-c2ccc(OC)cc2)n[nH]1)NC(C)CCS(C)(=O)=O. The Labute approximate surface area is 159 Å². The molecule has 0 fully saturated rings. The van der Waals surface area contributed by atoms with Crippen molar-refractivity contribution in [2.45, 2.75) is 25.9 Å². The molecule has 0 radical (unpaired) electrons. The Morgan fingerprint density at radius 2 is 2.04 bits per heavy atom. The molecule has 148 valence electrons. The number of nitrogens with one attached hydrogen (secondary N) is 3. The van der Waals surface area contributed by atoms with Crippen LogP contribution in [0.4, 0.5) is 0 Å². The number of aromatic nitrogens is 3. The molecule has 0 bridgehead atoms. The van der Waals surface area contributed by atoms with Crippen molar-refractivity contribution in [3.05, 3.63) is 30.1 Å². The number of sulfone groups is 1. The van der Waals surface area contributed by atoms with E-state index in [0.29, 0.717) is 30.6 Å². The summed E-state index contributed by atoms with van der Waals surface area (Å²) in [5, 5.41) is 13.4. The van der Waals surface area contributed by atoms with Gasteiger partial charge >= 0.3 is 0 Å². The smallest absolute Gasteiger partial charge is 0.191 e. The van der Waals surface area contributed by atoms with Crippen LogP contribution in [0.25, 0.3) is 11.4 Å². The zero-order valence-corrected chi connectivity index (χ0v) is 16.8. The van der Waals surface area contributed by atoms with E-state index in [9.17, 15) is 8.42 Å². The van der Waals surface area contributed by atoms with E-state index >= 15 is 0 Å². The van der Waals surface area contributed by atoms with Crippen LogP contribution in [-0.4, -0.2) is 61.8 Å². The average Bonchev–Trinajstić information content (AvgIpc) is 3.12. The summed E-state index contributed by atoms with van der Waals surface area (Å²) in [6.45, 7) is 2.32. The molecule has 0 aliphatic rings. The summed E-state index contributed by atoms with van der Waals surface area (Å²) >= 11 is 0. The highest BCUT2D eigenvalue weighted by Gasteiger charge is 2.11. The van der Waals surface area contributed by atoms with Gasteiger partial charge in [0.1, 0.15) is 21.4 Å². The van der Waals surface area contributed by atoms with Crippen LogP contribution in [0.1, 0.15) is 19.2 Å². The highest BCUT2D eigenvalue weighted by molar-refractivity contribution is 7.90. The lowest BCUT2D eigenvalue weighted by atomic mass is 10.2. The summed E-state index contributed by atoms with van der Waals surface area (Å²) < 4.78 is 27.7. The fourth-order valence-electron chi connectivity index (χ4n) is 2.30. The summed E-state index contributed by atoms with van der Waals surface area (Å²) in [6.07, 6.45) is 1.74. The van der Waals surface area contributed by atoms with E-state index < -0.39 is 9.84 Å². The van der Waals surface area contributed by atoms with Crippen LogP contribution >= 0.6 is 0 Å². The summed E-state index contributed by atoms with van der Waals surface area (Å²) in [5.74, 6) is 2.73. The number of ether oxygens (including phenoxy) is 1. The van der Waals surface area contributed by atoms with Gasteiger partial charge in [0.25, 0.3) is 0 Å². The molecule has 2 aromatic rings. The van der Waals surface area contributed by atoms with Crippen LogP contribution in [0.3, 0.4) is 0 Å². The minimum Gasteiger partial charge on any atom is -0.497 e. The number of guanidine groups is 1. The minimum absolute atomic E-state index is 0.0319. The van der Waals surface area contributed by atoms with E-state index in [0.717, 1.165) is 11.3 Å². The maximum Gasteiger partial charge on any atom is 0.191 e. The van der Waals surface area contributed by atoms with Crippen LogP contribution in [0.2, 0.25) is 0 Å². The van der Waals surface area contributed by atoms with Gasteiger partial charge in [-0.25, -0.2) is 13.4 Å². The Hall–Kier alpha value is -2.62. The Morgan fingerprint density at radius 1 is 1.33 bits per heavy atom. The molecule has 1 unspecified atom stereocenters. The topological polar surface area (TPSA) is 121 Å². The standard InChI is InChI=1S/C17H26N6O3S/c1-12(9-10-27(4,24)25)20-17(18-2)19-11-15-21-16(23-22-15)13-5-7-14(26-3)8-6-13/h5-8,12H,9-11H2,1-4H3,(H2,18,19,20)(H,21,22,23). The van der Waals surface area contributed by atoms with Gasteiger partial charge in [-0.05, 0) is 37.6 Å². The maximum absolute atomic E-state index is 11.3. The van der Waals surface area contributed by atoms with Crippen LogP contribution in [0.15, 0.2) is 29.3 Å². The summed E-state index contributed by atoms with van der Waals surface area (Å²) in [7, 11) is 0.298. The van der Waals surface area contributed by atoms with Crippen LogP contribution in [-0.2, 0) is 16.4 Å². The normalized spacial score (nSPS) is 13.3. The van der Waals surface area contributed by atoms with E-state index in [4.69, 9.17) is 4.74 Å². The van der Waals surface area contributed by atoms with Crippen molar-refractivity contribution in [2.24, 2.45) is 4.99 Å². The second-order valence-electron chi connectivity index (χ2n) is 6.22. The third-order valence-electron chi connectivity index (χ3n) is 3.83. The van der Waals surface area contributed by atoms with Gasteiger partial charge in [0.2, 0.25) is 0 Å². The first-order chi connectivity index (χ1) is 12.8. The largest absolute Gasteiger partial charge is 0.497 e. The van der Waals surface area contributed by atoms with Gasteiger partial charge in [-0.1, -0.05) is 0 Å². The monoisotopic (exact) mass is 394 g/mol. The molecule has 0 saturated heterocycles. The first-order valence-electron chi connectivity index (χ1n) is 8.51. The Morgan fingerprint density at radius 3 is 2.63 bits per heavy atom. The van der Waals surface area contributed by atoms with Crippen LogP contribution in [0, 0.1) is 0 Å². The molecule has 9 nitrogen and oxygen atoms in total. The zero-order valence-electron chi connectivity index (χ0n) is 16.0. The van der Waals surface area contributed by atoms with Crippen molar-refractivity contribution < 1.29 is 13.2 Å². The maximum atomic E-state index is 11.3. The first kappa shape index (κ1) is 20.7. The van der Waals surface area contributed by atoms with E-state index in [1.54, 1.807) is 14.2 Å². The number of rotatable bonds is 8. The summed E-state index contributed by atoms with van der Waals surface area (Å²) in [6, 6.07) is 7.46. The Kier molecular flexibility index (Phi) is 7.17. The Bertz CT molecular complexity index is 861. The molecule has 2 rings (SSSR count). The van der Waals surface area contributed by atoms with E-state index in [1.165, 1.54) is 6.26 Å². The van der Waals surface area contributed by atoms with Gasteiger partial charge in [-0.3, -0.25) is 10.1 Å². The molecule has 27 heavy (non-hydrogen) atoms. The molecule has 0 saturated carbocycles. The molecule has 0 aliphatic carbocycles. The number of aromatic amines is 1. The van der Waals surface area contributed by atoms with E-state index in [2.05, 4.69) is 30.8 Å². The van der Waals surface area contributed by atoms with Crippen LogP contribution in [0.5, 0.6) is 5.75 Å². The summed E-state index contributed by atoms with van der Waals surface area (Å²) in [4.78, 5) is 8.60. The molecule has 0 amide bonds. The van der Waals surface area contributed by atoms with Crippen molar-refractivity contribution in [2.75, 3.05) is 26.2 Å².